The van der Waals surface area contributed by atoms with Gasteiger partial charge in [0.25, 0.3) is 0 Å². The molecular weight excluding hydrogens is 487 g/mol. The number of nitrogens with zero attached hydrogens (tertiary/aromatic N) is 1. The molecule has 0 aliphatic rings. The number of amides is 1. The third-order valence-corrected chi connectivity index (χ3v) is 5.96. The lowest BCUT2D eigenvalue weighted by Gasteiger charge is -2.30. The summed E-state index contributed by atoms with van der Waals surface area (Å²) in [6.45, 7) is 3.67. The van der Waals surface area contributed by atoms with Crippen molar-refractivity contribution in [3.8, 4) is 0 Å². The van der Waals surface area contributed by atoms with Crippen molar-refractivity contribution >= 4 is 61.5 Å². The zero-order valence-electron chi connectivity index (χ0n) is 14.7. The predicted octanol–water partition coefficient (Wildman–Crippen LogP) is 4.44. The SMILES string of the molecule is CCC(C(=O)Nc1ccc(I)cc1C)N(c1ccc(Cl)cc1)S(C)(=O)=O. The first-order valence-corrected chi connectivity index (χ1v) is 11.3. The average Bonchev–Trinajstić information content (AvgIpc) is 2.55. The van der Waals surface area contributed by atoms with Crippen LogP contribution in [0.4, 0.5) is 11.4 Å². The molecule has 0 aromatic heterocycles. The Hall–Kier alpha value is -1.32. The Labute approximate surface area is 172 Å². The molecule has 1 amide bonds. The summed E-state index contributed by atoms with van der Waals surface area (Å²) < 4.78 is 27.0. The van der Waals surface area contributed by atoms with E-state index < -0.39 is 16.1 Å². The first kappa shape index (κ1) is 21.0. The van der Waals surface area contributed by atoms with Gasteiger partial charge in [0, 0.05) is 14.3 Å². The van der Waals surface area contributed by atoms with E-state index in [1.807, 2.05) is 25.1 Å². The molecule has 5 nitrogen and oxygen atoms in total. The number of carbonyl (C=O) groups excluding carboxylic acids is 1. The Bertz CT molecular complexity index is 901. The molecule has 0 bridgehead atoms. The first-order chi connectivity index (χ1) is 12.1. The fourth-order valence-corrected chi connectivity index (χ4v) is 4.62. The second-order valence-electron chi connectivity index (χ2n) is 5.91. The molecule has 1 unspecified atom stereocenters. The average molecular weight is 507 g/mol. The zero-order valence-corrected chi connectivity index (χ0v) is 18.4. The van der Waals surface area contributed by atoms with Crippen LogP contribution >= 0.6 is 34.2 Å². The second-order valence-corrected chi connectivity index (χ2v) is 9.45. The summed E-state index contributed by atoms with van der Waals surface area (Å²) in [5.74, 6) is -0.378. The maximum Gasteiger partial charge on any atom is 0.248 e. The van der Waals surface area contributed by atoms with E-state index in [2.05, 4.69) is 27.9 Å². The summed E-state index contributed by atoms with van der Waals surface area (Å²) in [6, 6.07) is 11.2. The molecule has 0 heterocycles. The maximum absolute atomic E-state index is 12.9. The summed E-state index contributed by atoms with van der Waals surface area (Å²) in [6.07, 6.45) is 1.42. The van der Waals surface area contributed by atoms with Crippen LogP contribution in [0.3, 0.4) is 0 Å². The molecular formula is C18H20ClIN2O3S. The molecule has 2 aromatic carbocycles. The van der Waals surface area contributed by atoms with E-state index >= 15 is 0 Å². The number of rotatable bonds is 6. The Morgan fingerprint density at radius 1 is 1.23 bits per heavy atom. The summed E-state index contributed by atoms with van der Waals surface area (Å²) in [5.41, 5.74) is 1.98. The van der Waals surface area contributed by atoms with Crippen LogP contribution in [0, 0.1) is 10.5 Å². The van der Waals surface area contributed by atoms with Gasteiger partial charge in [-0.15, -0.1) is 0 Å². The summed E-state index contributed by atoms with van der Waals surface area (Å²) >= 11 is 8.09. The fourth-order valence-electron chi connectivity index (χ4n) is 2.63. The van der Waals surface area contributed by atoms with Crippen LogP contribution in [0.5, 0.6) is 0 Å². The minimum Gasteiger partial charge on any atom is -0.324 e. The first-order valence-electron chi connectivity index (χ1n) is 7.95. The van der Waals surface area contributed by atoms with Crippen molar-refractivity contribution in [3.63, 3.8) is 0 Å². The molecule has 26 heavy (non-hydrogen) atoms. The topological polar surface area (TPSA) is 66.5 Å². The van der Waals surface area contributed by atoms with Gasteiger partial charge in [0.1, 0.15) is 6.04 Å². The van der Waals surface area contributed by atoms with Crippen molar-refractivity contribution in [2.24, 2.45) is 0 Å². The van der Waals surface area contributed by atoms with E-state index in [1.54, 1.807) is 31.2 Å². The normalized spacial score (nSPS) is 12.5. The lowest BCUT2D eigenvalue weighted by Crippen LogP contribution is -2.47. The molecule has 1 atom stereocenters. The number of anilines is 2. The van der Waals surface area contributed by atoms with E-state index in [-0.39, 0.29) is 5.91 Å². The molecule has 0 radical (unpaired) electrons. The Balaban J connectivity index is 2.38. The number of sulfonamides is 1. The van der Waals surface area contributed by atoms with Gasteiger partial charge in [-0.1, -0.05) is 18.5 Å². The van der Waals surface area contributed by atoms with E-state index in [4.69, 9.17) is 11.6 Å². The smallest absolute Gasteiger partial charge is 0.248 e. The van der Waals surface area contributed by atoms with Crippen molar-refractivity contribution < 1.29 is 13.2 Å². The van der Waals surface area contributed by atoms with Gasteiger partial charge in [0.05, 0.1) is 11.9 Å². The molecule has 140 valence electrons. The highest BCUT2D eigenvalue weighted by Gasteiger charge is 2.31. The molecule has 0 saturated carbocycles. The third-order valence-electron chi connectivity index (χ3n) is 3.86. The van der Waals surface area contributed by atoms with Crippen molar-refractivity contribution in [2.75, 3.05) is 15.9 Å². The van der Waals surface area contributed by atoms with Gasteiger partial charge < -0.3 is 5.32 Å². The highest BCUT2D eigenvalue weighted by atomic mass is 127. The Kier molecular flexibility index (Phi) is 6.92. The van der Waals surface area contributed by atoms with Crippen LogP contribution < -0.4 is 9.62 Å². The van der Waals surface area contributed by atoms with E-state index in [9.17, 15) is 13.2 Å². The predicted molar refractivity (Wildman–Crippen MR) is 115 cm³/mol. The zero-order chi connectivity index (χ0) is 19.5. The summed E-state index contributed by atoms with van der Waals surface area (Å²) in [5, 5.41) is 3.34. The monoisotopic (exact) mass is 506 g/mol. The summed E-state index contributed by atoms with van der Waals surface area (Å²) in [4.78, 5) is 12.9. The van der Waals surface area contributed by atoms with Crippen LogP contribution in [-0.2, 0) is 14.8 Å². The van der Waals surface area contributed by atoms with Crippen molar-refractivity contribution in [3.05, 3.63) is 56.6 Å². The van der Waals surface area contributed by atoms with Gasteiger partial charge in [-0.2, -0.15) is 0 Å². The van der Waals surface area contributed by atoms with Gasteiger partial charge in [-0.25, -0.2) is 8.42 Å². The number of hydrogen-bond acceptors (Lipinski definition) is 3. The Morgan fingerprint density at radius 3 is 2.35 bits per heavy atom. The summed E-state index contributed by atoms with van der Waals surface area (Å²) in [7, 11) is -3.67. The Morgan fingerprint density at radius 2 is 1.85 bits per heavy atom. The second kappa shape index (κ2) is 8.58. The van der Waals surface area contributed by atoms with Crippen molar-refractivity contribution in [2.45, 2.75) is 26.3 Å². The van der Waals surface area contributed by atoms with Gasteiger partial charge >= 0.3 is 0 Å². The van der Waals surface area contributed by atoms with Gasteiger partial charge in [0.2, 0.25) is 15.9 Å². The third kappa shape index (κ3) is 5.11. The van der Waals surface area contributed by atoms with Crippen LogP contribution in [0.25, 0.3) is 0 Å². The molecule has 0 saturated heterocycles. The molecule has 0 spiro atoms. The number of hydrogen-bond donors (Lipinski definition) is 1. The molecule has 0 aliphatic carbocycles. The van der Waals surface area contributed by atoms with E-state index in [0.29, 0.717) is 22.8 Å². The van der Waals surface area contributed by atoms with Crippen molar-refractivity contribution in [1.82, 2.24) is 0 Å². The lowest BCUT2D eigenvalue weighted by molar-refractivity contribution is -0.117. The van der Waals surface area contributed by atoms with Crippen LogP contribution in [-0.4, -0.2) is 26.6 Å². The highest BCUT2D eigenvalue weighted by Crippen LogP contribution is 2.25. The van der Waals surface area contributed by atoms with Crippen LogP contribution in [0.2, 0.25) is 5.02 Å². The van der Waals surface area contributed by atoms with Crippen molar-refractivity contribution in [1.29, 1.82) is 0 Å². The highest BCUT2D eigenvalue weighted by molar-refractivity contribution is 14.1. The molecule has 2 aromatic rings. The minimum absolute atomic E-state index is 0.324. The van der Waals surface area contributed by atoms with Gasteiger partial charge in [0.15, 0.2) is 0 Å². The number of nitrogens with one attached hydrogen (secondary N) is 1. The fraction of sp³-hybridized carbons (Fsp3) is 0.278. The minimum atomic E-state index is -3.67. The van der Waals surface area contributed by atoms with Gasteiger partial charge in [-0.3, -0.25) is 9.10 Å². The number of aryl methyl sites for hydroxylation is 1. The van der Waals surface area contributed by atoms with Gasteiger partial charge in [-0.05, 0) is 84.0 Å². The molecule has 2 rings (SSSR count). The number of halogens is 2. The molecule has 0 fully saturated rings. The standard InChI is InChI=1S/C18H20ClIN2O3S/c1-4-17(18(23)21-16-10-7-14(20)11-12(16)2)22(26(3,24)25)15-8-5-13(19)6-9-15/h5-11,17H,4H2,1-3H3,(H,21,23). The quantitative estimate of drug-likeness (QED) is 0.589. The number of carbonyl (C=O) groups is 1. The molecule has 1 N–H and O–H groups in total. The van der Waals surface area contributed by atoms with E-state index in [1.165, 1.54) is 0 Å². The number of benzene rings is 2. The largest absolute Gasteiger partial charge is 0.324 e. The van der Waals surface area contributed by atoms with E-state index in [0.717, 1.165) is 19.7 Å². The lowest BCUT2D eigenvalue weighted by atomic mass is 10.1. The molecule has 8 heteroatoms. The van der Waals surface area contributed by atoms with Crippen LogP contribution in [0.15, 0.2) is 42.5 Å². The van der Waals surface area contributed by atoms with Crippen LogP contribution in [0.1, 0.15) is 18.9 Å². The molecule has 0 aliphatic heterocycles. The maximum atomic E-state index is 12.9.